The molecule has 1 saturated heterocycles. The van der Waals surface area contributed by atoms with Crippen LogP contribution in [-0.4, -0.2) is 35.6 Å². The molecule has 0 aromatic rings. The van der Waals surface area contributed by atoms with Crippen molar-refractivity contribution < 1.29 is 9.90 Å². The van der Waals surface area contributed by atoms with E-state index in [2.05, 4.69) is 4.90 Å². The number of hydrogen-bond donors (Lipinski definition) is 1. The van der Waals surface area contributed by atoms with Gasteiger partial charge in [0, 0.05) is 18.5 Å². The van der Waals surface area contributed by atoms with Crippen LogP contribution < -0.4 is 0 Å². The van der Waals surface area contributed by atoms with E-state index >= 15 is 0 Å². The third-order valence-electron chi connectivity index (χ3n) is 3.13. The van der Waals surface area contributed by atoms with Gasteiger partial charge >= 0.3 is 5.97 Å². The monoisotopic (exact) mass is 245 g/mol. The molecule has 1 N–H and O–H groups in total. The molecule has 1 fully saturated rings. The topological polar surface area (TPSA) is 40.5 Å². The maximum atomic E-state index is 10.5. The van der Waals surface area contributed by atoms with Gasteiger partial charge in [0.2, 0.25) is 0 Å². The maximum absolute atomic E-state index is 10.5. The Labute approximate surface area is 102 Å². The van der Waals surface area contributed by atoms with E-state index in [0.29, 0.717) is 12.3 Å². The van der Waals surface area contributed by atoms with E-state index < -0.39 is 5.97 Å². The highest BCUT2D eigenvalue weighted by atomic mass is 35.5. The second-order valence-corrected chi connectivity index (χ2v) is 4.83. The van der Waals surface area contributed by atoms with Crippen molar-refractivity contribution in [1.82, 2.24) is 4.90 Å². The number of piperidine rings is 1. The predicted molar refractivity (Wildman–Crippen MR) is 65.6 cm³/mol. The summed E-state index contributed by atoms with van der Waals surface area (Å²) in [6.45, 7) is 5.09. The average molecular weight is 246 g/mol. The van der Waals surface area contributed by atoms with Gasteiger partial charge in [-0.25, -0.2) is 0 Å². The van der Waals surface area contributed by atoms with Crippen LogP contribution in [0.3, 0.4) is 0 Å². The van der Waals surface area contributed by atoms with Gasteiger partial charge in [-0.05, 0) is 50.8 Å². The SMILES string of the molecule is CC(=CCl)CN1CCC(CCC(=O)O)CC1. The smallest absolute Gasteiger partial charge is 0.303 e. The van der Waals surface area contributed by atoms with E-state index in [1.165, 1.54) is 5.57 Å². The summed E-state index contributed by atoms with van der Waals surface area (Å²) in [6, 6.07) is 0. The van der Waals surface area contributed by atoms with Crippen molar-refractivity contribution >= 4 is 17.6 Å². The summed E-state index contributed by atoms with van der Waals surface area (Å²) >= 11 is 5.63. The number of aliphatic carboxylic acids is 1. The maximum Gasteiger partial charge on any atom is 0.303 e. The van der Waals surface area contributed by atoms with E-state index in [4.69, 9.17) is 16.7 Å². The number of carbonyl (C=O) groups is 1. The fourth-order valence-corrected chi connectivity index (χ4v) is 2.22. The Hall–Kier alpha value is -0.540. The highest BCUT2D eigenvalue weighted by Crippen LogP contribution is 2.22. The van der Waals surface area contributed by atoms with Crippen molar-refractivity contribution in [3.8, 4) is 0 Å². The van der Waals surface area contributed by atoms with Crippen LogP contribution in [0.1, 0.15) is 32.6 Å². The van der Waals surface area contributed by atoms with Crippen LogP contribution in [0.25, 0.3) is 0 Å². The number of carboxylic acids is 1. The molecule has 1 aliphatic heterocycles. The number of hydrogen-bond acceptors (Lipinski definition) is 2. The Morgan fingerprint density at radius 1 is 1.50 bits per heavy atom. The lowest BCUT2D eigenvalue weighted by molar-refractivity contribution is -0.137. The minimum Gasteiger partial charge on any atom is -0.481 e. The summed E-state index contributed by atoms with van der Waals surface area (Å²) in [5.41, 5.74) is 2.82. The van der Waals surface area contributed by atoms with Crippen LogP contribution in [0, 0.1) is 5.92 Å². The van der Waals surface area contributed by atoms with E-state index in [1.54, 1.807) is 5.54 Å². The van der Waals surface area contributed by atoms with Gasteiger partial charge < -0.3 is 5.11 Å². The first kappa shape index (κ1) is 13.5. The zero-order valence-electron chi connectivity index (χ0n) is 9.79. The van der Waals surface area contributed by atoms with Gasteiger partial charge in [-0.1, -0.05) is 11.6 Å². The molecule has 92 valence electrons. The molecule has 0 atom stereocenters. The first-order valence-electron chi connectivity index (χ1n) is 5.82. The van der Waals surface area contributed by atoms with Crippen molar-refractivity contribution in [2.75, 3.05) is 19.6 Å². The second-order valence-electron chi connectivity index (χ2n) is 4.61. The molecule has 0 bridgehead atoms. The molecule has 0 aromatic heterocycles. The summed E-state index contributed by atoms with van der Waals surface area (Å²) in [5.74, 6) is -0.0871. The molecule has 0 amide bonds. The Balaban J connectivity index is 2.20. The van der Waals surface area contributed by atoms with Crippen molar-refractivity contribution in [3.63, 3.8) is 0 Å². The lowest BCUT2D eigenvalue weighted by Crippen LogP contribution is -2.34. The Morgan fingerprint density at radius 3 is 2.62 bits per heavy atom. The van der Waals surface area contributed by atoms with Crippen LogP contribution in [0.15, 0.2) is 11.1 Å². The average Bonchev–Trinajstić information content (AvgIpc) is 2.28. The first-order chi connectivity index (χ1) is 7.61. The van der Waals surface area contributed by atoms with Crippen molar-refractivity contribution in [1.29, 1.82) is 0 Å². The van der Waals surface area contributed by atoms with Crippen LogP contribution >= 0.6 is 11.6 Å². The number of carboxylic acid groups (broad SMARTS) is 1. The van der Waals surface area contributed by atoms with Gasteiger partial charge in [-0.3, -0.25) is 9.69 Å². The zero-order chi connectivity index (χ0) is 12.0. The molecule has 0 aromatic carbocycles. The zero-order valence-corrected chi connectivity index (χ0v) is 10.5. The molecule has 0 saturated carbocycles. The molecule has 0 unspecified atom stereocenters. The lowest BCUT2D eigenvalue weighted by Gasteiger charge is -2.31. The molecule has 0 spiro atoms. The second kappa shape index (κ2) is 6.92. The summed E-state index contributed by atoms with van der Waals surface area (Å²) in [6.07, 6.45) is 3.37. The van der Waals surface area contributed by atoms with Gasteiger partial charge in [-0.2, -0.15) is 0 Å². The number of nitrogens with zero attached hydrogens (tertiary/aromatic N) is 1. The third kappa shape index (κ3) is 4.99. The minimum atomic E-state index is -0.677. The normalized spacial score (nSPS) is 20.0. The highest BCUT2D eigenvalue weighted by molar-refractivity contribution is 6.25. The summed E-state index contributed by atoms with van der Waals surface area (Å²) in [5, 5.41) is 8.61. The standard InChI is InChI=1S/C12H20ClNO2/c1-10(8-13)9-14-6-4-11(5-7-14)2-3-12(15)16/h8,11H,2-7,9H2,1H3,(H,15,16). The molecule has 1 rings (SSSR count). The van der Waals surface area contributed by atoms with Crippen molar-refractivity contribution in [2.45, 2.75) is 32.6 Å². The number of rotatable bonds is 5. The van der Waals surface area contributed by atoms with Gasteiger partial charge in [0.25, 0.3) is 0 Å². The quantitative estimate of drug-likeness (QED) is 0.810. The van der Waals surface area contributed by atoms with Gasteiger partial charge in [-0.15, -0.1) is 0 Å². The van der Waals surface area contributed by atoms with E-state index in [0.717, 1.165) is 38.9 Å². The Kier molecular flexibility index (Phi) is 5.85. The first-order valence-corrected chi connectivity index (χ1v) is 6.25. The molecule has 16 heavy (non-hydrogen) atoms. The van der Waals surface area contributed by atoms with E-state index in [9.17, 15) is 4.79 Å². The van der Waals surface area contributed by atoms with E-state index in [-0.39, 0.29) is 0 Å². The van der Waals surface area contributed by atoms with Crippen LogP contribution in [0.4, 0.5) is 0 Å². The number of halogens is 1. The lowest BCUT2D eigenvalue weighted by atomic mass is 9.92. The highest BCUT2D eigenvalue weighted by Gasteiger charge is 2.19. The van der Waals surface area contributed by atoms with E-state index in [1.807, 2.05) is 6.92 Å². The molecule has 0 radical (unpaired) electrons. The van der Waals surface area contributed by atoms with Crippen molar-refractivity contribution in [2.24, 2.45) is 5.92 Å². The molecular formula is C12H20ClNO2. The van der Waals surface area contributed by atoms with Crippen LogP contribution in [0.5, 0.6) is 0 Å². The minimum absolute atomic E-state index is 0.311. The molecule has 3 nitrogen and oxygen atoms in total. The predicted octanol–water partition coefficient (Wildman–Crippen LogP) is 2.71. The molecule has 1 aliphatic rings. The fourth-order valence-electron chi connectivity index (χ4n) is 2.15. The fraction of sp³-hybridized carbons (Fsp3) is 0.750. The molecule has 4 heteroatoms. The van der Waals surface area contributed by atoms with Gasteiger partial charge in [0.15, 0.2) is 0 Å². The summed E-state index contributed by atoms with van der Waals surface area (Å²) < 4.78 is 0. The van der Waals surface area contributed by atoms with Crippen LogP contribution in [0.2, 0.25) is 0 Å². The Morgan fingerprint density at radius 2 is 2.12 bits per heavy atom. The summed E-state index contributed by atoms with van der Waals surface area (Å²) in [4.78, 5) is 12.8. The third-order valence-corrected chi connectivity index (χ3v) is 3.51. The van der Waals surface area contributed by atoms with Crippen LogP contribution in [-0.2, 0) is 4.79 Å². The van der Waals surface area contributed by atoms with Crippen molar-refractivity contribution in [3.05, 3.63) is 11.1 Å². The largest absolute Gasteiger partial charge is 0.481 e. The van der Waals surface area contributed by atoms with Gasteiger partial charge in [0.1, 0.15) is 0 Å². The molecule has 0 aliphatic carbocycles. The molecule has 1 heterocycles. The van der Waals surface area contributed by atoms with Gasteiger partial charge in [0.05, 0.1) is 0 Å². The summed E-state index contributed by atoms with van der Waals surface area (Å²) in [7, 11) is 0. The number of likely N-dealkylation sites (tertiary alicyclic amines) is 1. The Bertz CT molecular complexity index is 258. The molecular weight excluding hydrogens is 226 g/mol.